The summed E-state index contributed by atoms with van der Waals surface area (Å²) in [5, 5.41) is 7.15. The highest BCUT2D eigenvalue weighted by Gasteiger charge is 2.29. The predicted molar refractivity (Wildman–Crippen MR) is 136 cm³/mol. The van der Waals surface area contributed by atoms with E-state index < -0.39 is 10.0 Å². The lowest BCUT2D eigenvalue weighted by Crippen LogP contribution is -2.55. The van der Waals surface area contributed by atoms with Crippen LogP contribution in [-0.2, 0) is 22.3 Å². The maximum absolute atomic E-state index is 12.6. The van der Waals surface area contributed by atoms with Gasteiger partial charge in [0, 0.05) is 58.4 Å². The normalized spacial score (nSPS) is 16.6. The third kappa shape index (κ3) is 7.42. The smallest absolute Gasteiger partial charge is 0.220 e. The van der Waals surface area contributed by atoms with Crippen molar-refractivity contribution < 1.29 is 12.9 Å². The number of likely N-dealkylation sites (N-methyl/N-ethyl adjacent to an activating group) is 1. The summed E-state index contributed by atoms with van der Waals surface area (Å²) in [5.41, 5.74) is 1.71. The van der Waals surface area contributed by atoms with Crippen LogP contribution in [0.4, 0.5) is 0 Å². The second-order valence-corrected chi connectivity index (χ2v) is 9.78. The molecular weight excluding hydrogens is 543 g/mol. The molecule has 1 N–H and O–H groups in total. The molecule has 0 saturated carbocycles. The highest BCUT2D eigenvalue weighted by atomic mass is 127. The Morgan fingerprint density at radius 1 is 1.22 bits per heavy atom. The molecule has 3 rings (SSSR count). The molecule has 2 heterocycles. The Bertz CT molecular complexity index is 932. The van der Waals surface area contributed by atoms with Gasteiger partial charge in [0.15, 0.2) is 5.96 Å². The summed E-state index contributed by atoms with van der Waals surface area (Å²) in [6.07, 6.45) is 1.39. The van der Waals surface area contributed by atoms with Crippen LogP contribution in [0.3, 0.4) is 0 Å². The van der Waals surface area contributed by atoms with E-state index in [1.165, 1.54) is 16.1 Å². The Kier molecular flexibility index (Phi) is 10.4. The molecule has 11 heteroatoms. The van der Waals surface area contributed by atoms with Crippen LogP contribution in [0.1, 0.15) is 18.2 Å². The fourth-order valence-corrected chi connectivity index (χ4v) is 4.95. The Morgan fingerprint density at radius 3 is 2.50 bits per heavy atom. The predicted octanol–water partition coefficient (Wildman–Crippen LogP) is 1.84. The molecule has 1 fully saturated rings. The molecule has 0 spiro atoms. The Hall–Kier alpha value is -1.70. The van der Waals surface area contributed by atoms with Gasteiger partial charge in [0.05, 0.1) is 5.69 Å². The van der Waals surface area contributed by atoms with Crippen molar-refractivity contribution in [2.75, 3.05) is 46.8 Å². The summed E-state index contributed by atoms with van der Waals surface area (Å²) in [7, 11) is 0.458. The van der Waals surface area contributed by atoms with E-state index in [0.29, 0.717) is 37.9 Å². The number of aliphatic imine (C=N–C) groups is 1. The van der Waals surface area contributed by atoms with Crippen molar-refractivity contribution in [3.8, 4) is 0 Å². The van der Waals surface area contributed by atoms with Gasteiger partial charge in [0.2, 0.25) is 10.0 Å². The van der Waals surface area contributed by atoms with E-state index in [1.807, 2.05) is 6.07 Å². The van der Waals surface area contributed by atoms with Crippen molar-refractivity contribution >= 4 is 40.0 Å². The lowest BCUT2D eigenvalue weighted by atomic mass is 10.2. The monoisotopic (exact) mass is 576 g/mol. The molecule has 1 aromatic carbocycles. The summed E-state index contributed by atoms with van der Waals surface area (Å²) >= 11 is 0. The molecule has 0 bridgehead atoms. The molecule has 1 aliphatic heterocycles. The second-order valence-electron chi connectivity index (χ2n) is 7.81. The van der Waals surface area contributed by atoms with Gasteiger partial charge >= 0.3 is 0 Å². The van der Waals surface area contributed by atoms with Crippen molar-refractivity contribution in [1.82, 2.24) is 24.6 Å². The van der Waals surface area contributed by atoms with Gasteiger partial charge < -0.3 is 14.7 Å². The summed E-state index contributed by atoms with van der Waals surface area (Å²) in [4.78, 5) is 8.80. The quantitative estimate of drug-likeness (QED) is 0.291. The van der Waals surface area contributed by atoms with Gasteiger partial charge in [-0.25, -0.2) is 8.42 Å². The van der Waals surface area contributed by atoms with Crippen LogP contribution in [-0.4, -0.2) is 86.5 Å². The van der Waals surface area contributed by atoms with Gasteiger partial charge in [-0.3, -0.25) is 9.89 Å². The Morgan fingerprint density at radius 2 is 1.91 bits per heavy atom. The number of rotatable bonds is 8. The molecule has 1 aromatic heterocycles. The van der Waals surface area contributed by atoms with E-state index in [4.69, 9.17) is 4.52 Å². The summed E-state index contributed by atoms with van der Waals surface area (Å²) in [6.45, 7) is 5.83. The minimum atomic E-state index is -3.41. The molecule has 1 saturated heterocycles. The number of nitrogens with zero attached hydrogens (tertiary/aromatic N) is 5. The zero-order chi connectivity index (χ0) is 22.3. The minimum Gasteiger partial charge on any atom is -0.364 e. The standard InChI is InChI=1S/C21H32N6O3S.HI/c1-18(25(3)16-19-7-5-4-6-8-19)15-23-21(22-2)26-10-12-27(13-11-26)31(28,29)17-20-9-14-30-24-20;/h4-9,14,18H,10-13,15-17H2,1-3H3,(H,22,23);1H. The van der Waals surface area contributed by atoms with E-state index in [1.54, 1.807) is 13.1 Å². The van der Waals surface area contributed by atoms with Crippen LogP contribution < -0.4 is 5.32 Å². The van der Waals surface area contributed by atoms with E-state index >= 15 is 0 Å². The largest absolute Gasteiger partial charge is 0.364 e. The SMILES string of the molecule is CN=C(NCC(C)N(C)Cc1ccccc1)N1CCN(S(=O)(=O)Cc2ccon2)CC1.I. The Balaban J connectivity index is 0.00000363. The van der Waals surface area contributed by atoms with E-state index in [2.05, 4.69) is 63.5 Å². The number of benzene rings is 1. The number of halogens is 1. The van der Waals surface area contributed by atoms with Crippen LogP contribution in [0.5, 0.6) is 0 Å². The van der Waals surface area contributed by atoms with Gasteiger partial charge in [-0.15, -0.1) is 24.0 Å². The summed E-state index contributed by atoms with van der Waals surface area (Å²) < 4.78 is 31.5. The van der Waals surface area contributed by atoms with Crippen LogP contribution in [0.25, 0.3) is 0 Å². The lowest BCUT2D eigenvalue weighted by Gasteiger charge is -2.36. The first-order valence-corrected chi connectivity index (χ1v) is 12.1. The van der Waals surface area contributed by atoms with E-state index in [9.17, 15) is 8.42 Å². The van der Waals surface area contributed by atoms with Gasteiger partial charge in [-0.2, -0.15) is 4.31 Å². The molecule has 0 amide bonds. The number of hydrogen-bond donors (Lipinski definition) is 1. The van der Waals surface area contributed by atoms with Gasteiger partial charge in [-0.1, -0.05) is 35.5 Å². The fourth-order valence-electron chi connectivity index (χ4n) is 3.52. The van der Waals surface area contributed by atoms with Crippen molar-refractivity contribution in [1.29, 1.82) is 0 Å². The molecule has 1 aliphatic rings. The summed E-state index contributed by atoms with van der Waals surface area (Å²) in [6, 6.07) is 12.3. The van der Waals surface area contributed by atoms with Gasteiger partial charge in [0.25, 0.3) is 0 Å². The van der Waals surface area contributed by atoms with Crippen molar-refractivity contribution in [3.63, 3.8) is 0 Å². The molecule has 1 atom stereocenters. The molecule has 9 nitrogen and oxygen atoms in total. The highest BCUT2D eigenvalue weighted by Crippen LogP contribution is 2.13. The number of sulfonamides is 1. The van der Waals surface area contributed by atoms with Crippen LogP contribution in [0, 0.1) is 0 Å². The first-order valence-electron chi connectivity index (χ1n) is 10.5. The number of nitrogens with one attached hydrogen (secondary N) is 1. The first kappa shape index (κ1) is 26.6. The lowest BCUT2D eigenvalue weighted by molar-refractivity contribution is 0.238. The molecule has 2 aromatic rings. The minimum absolute atomic E-state index is 0. The van der Waals surface area contributed by atoms with Crippen LogP contribution >= 0.6 is 24.0 Å². The van der Waals surface area contributed by atoms with Gasteiger partial charge in [-0.05, 0) is 19.5 Å². The fraction of sp³-hybridized carbons (Fsp3) is 0.524. The van der Waals surface area contributed by atoms with Crippen molar-refractivity contribution in [2.45, 2.75) is 25.3 Å². The molecule has 0 aliphatic carbocycles. The van der Waals surface area contributed by atoms with Crippen LogP contribution in [0.15, 0.2) is 52.2 Å². The zero-order valence-corrected chi connectivity index (χ0v) is 22.0. The van der Waals surface area contributed by atoms with E-state index in [-0.39, 0.29) is 29.7 Å². The number of guanidine groups is 1. The topological polar surface area (TPSA) is 94.3 Å². The Labute approximate surface area is 207 Å². The molecule has 0 radical (unpaired) electrons. The molecular formula is C21H33IN6O3S. The second kappa shape index (κ2) is 12.5. The maximum atomic E-state index is 12.6. The maximum Gasteiger partial charge on any atom is 0.220 e. The van der Waals surface area contributed by atoms with Crippen molar-refractivity contribution in [3.05, 3.63) is 53.9 Å². The molecule has 32 heavy (non-hydrogen) atoms. The number of piperazine rings is 1. The third-order valence-electron chi connectivity index (χ3n) is 5.55. The van der Waals surface area contributed by atoms with Crippen LogP contribution in [0.2, 0.25) is 0 Å². The number of aromatic nitrogens is 1. The summed E-state index contributed by atoms with van der Waals surface area (Å²) in [5.74, 6) is 0.662. The average molecular weight is 577 g/mol. The van der Waals surface area contributed by atoms with Gasteiger partial charge in [0.1, 0.15) is 12.0 Å². The first-order chi connectivity index (χ1) is 14.9. The van der Waals surface area contributed by atoms with Crippen molar-refractivity contribution in [2.24, 2.45) is 4.99 Å². The highest BCUT2D eigenvalue weighted by molar-refractivity contribution is 14.0. The number of hydrogen-bond acceptors (Lipinski definition) is 6. The average Bonchev–Trinajstić information content (AvgIpc) is 3.27. The molecule has 1 unspecified atom stereocenters. The zero-order valence-electron chi connectivity index (χ0n) is 18.8. The third-order valence-corrected chi connectivity index (χ3v) is 7.36. The van der Waals surface area contributed by atoms with E-state index in [0.717, 1.165) is 19.0 Å². The molecule has 178 valence electrons.